The number of rotatable bonds is 5. The van der Waals surface area contributed by atoms with Gasteiger partial charge in [0.15, 0.2) is 23.1 Å². The molecule has 2 aromatic carbocycles. The second-order valence-electron chi connectivity index (χ2n) is 6.49. The number of halogens is 1. The molecule has 1 aliphatic rings. The highest BCUT2D eigenvalue weighted by atomic mass is 35.5. The summed E-state index contributed by atoms with van der Waals surface area (Å²) in [4.78, 5) is 28.5. The van der Waals surface area contributed by atoms with Crippen molar-refractivity contribution < 1.29 is 23.5 Å². The number of aryl methyl sites for hydroxylation is 1. The van der Waals surface area contributed by atoms with Crippen LogP contribution in [-0.2, 0) is 11.2 Å². The Hall–Kier alpha value is -3.52. The lowest BCUT2D eigenvalue weighted by Crippen LogP contribution is -2.41. The van der Waals surface area contributed by atoms with Gasteiger partial charge in [-0.05, 0) is 42.5 Å². The Morgan fingerprint density at radius 2 is 1.77 bits per heavy atom. The van der Waals surface area contributed by atoms with Crippen LogP contribution in [0.15, 0.2) is 53.1 Å². The van der Waals surface area contributed by atoms with E-state index in [0.29, 0.717) is 53.4 Å². The molecular weight excluding hydrogens is 410 g/mol. The first-order chi connectivity index (χ1) is 14.6. The van der Waals surface area contributed by atoms with E-state index in [9.17, 15) is 9.59 Å². The SMILES string of the molecule is O=C(CCc1ncc(-c2ccc(Cl)cc2)o1)NNC(=O)c1ccc2c(c1)OCCO2. The van der Waals surface area contributed by atoms with Gasteiger partial charge in [0.1, 0.15) is 13.2 Å². The van der Waals surface area contributed by atoms with Crippen molar-refractivity contribution in [3.05, 3.63) is 65.1 Å². The van der Waals surface area contributed by atoms with Crippen molar-refractivity contribution in [3.63, 3.8) is 0 Å². The van der Waals surface area contributed by atoms with E-state index < -0.39 is 5.91 Å². The number of carbonyl (C=O) groups excluding carboxylic acids is 2. The van der Waals surface area contributed by atoms with Gasteiger partial charge in [-0.2, -0.15) is 0 Å². The minimum absolute atomic E-state index is 0.0992. The molecule has 0 saturated heterocycles. The first-order valence-corrected chi connectivity index (χ1v) is 9.66. The second kappa shape index (κ2) is 8.87. The van der Waals surface area contributed by atoms with Crippen LogP contribution in [0.3, 0.4) is 0 Å². The van der Waals surface area contributed by atoms with Crippen LogP contribution >= 0.6 is 11.6 Å². The molecule has 2 heterocycles. The first-order valence-electron chi connectivity index (χ1n) is 9.28. The van der Waals surface area contributed by atoms with Crippen molar-refractivity contribution in [1.29, 1.82) is 0 Å². The third-order valence-electron chi connectivity index (χ3n) is 4.37. The summed E-state index contributed by atoms with van der Waals surface area (Å²) < 4.78 is 16.5. The van der Waals surface area contributed by atoms with Crippen LogP contribution in [0.2, 0.25) is 5.02 Å². The largest absolute Gasteiger partial charge is 0.486 e. The minimum Gasteiger partial charge on any atom is -0.486 e. The van der Waals surface area contributed by atoms with E-state index in [1.54, 1.807) is 36.5 Å². The molecule has 3 aromatic rings. The summed E-state index contributed by atoms with van der Waals surface area (Å²) in [6.45, 7) is 0.898. The summed E-state index contributed by atoms with van der Waals surface area (Å²) in [5.41, 5.74) is 5.95. The molecule has 0 bridgehead atoms. The van der Waals surface area contributed by atoms with Gasteiger partial charge in [0.2, 0.25) is 5.91 Å². The summed E-state index contributed by atoms with van der Waals surface area (Å²) in [7, 11) is 0. The van der Waals surface area contributed by atoms with Crippen molar-refractivity contribution in [2.75, 3.05) is 13.2 Å². The summed E-state index contributed by atoms with van der Waals surface area (Å²) in [6.07, 6.45) is 1.99. The zero-order valence-electron chi connectivity index (χ0n) is 15.8. The van der Waals surface area contributed by atoms with Gasteiger partial charge in [0.05, 0.1) is 6.20 Å². The fourth-order valence-electron chi connectivity index (χ4n) is 2.84. The van der Waals surface area contributed by atoms with E-state index in [2.05, 4.69) is 15.8 Å². The standard InChI is InChI=1S/C21H18ClN3O5/c22-15-4-1-13(2-5-15)18-12-23-20(30-18)8-7-19(26)24-25-21(27)14-3-6-16-17(11-14)29-10-9-28-16/h1-6,11-12H,7-10H2,(H,24,26)(H,25,27). The third-order valence-corrected chi connectivity index (χ3v) is 4.62. The smallest absolute Gasteiger partial charge is 0.269 e. The highest BCUT2D eigenvalue weighted by molar-refractivity contribution is 6.30. The lowest BCUT2D eigenvalue weighted by molar-refractivity contribution is -0.121. The number of oxazole rings is 1. The topological polar surface area (TPSA) is 103 Å². The van der Waals surface area contributed by atoms with Gasteiger partial charge in [0.25, 0.3) is 5.91 Å². The van der Waals surface area contributed by atoms with E-state index in [4.69, 9.17) is 25.5 Å². The average Bonchev–Trinajstić information content (AvgIpc) is 3.25. The molecular formula is C21H18ClN3O5. The highest BCUT2D eigenvalue weighted by Crippen LogP contribution is 2.30. The molecule has 0 spiro atoms. The molecule has 9 heteroatoms. The number of nitrogens with one attached hydrogen (secondary N) is 2. The number of aromatic nitrogens is 1. The minimum atomic E-state index is -0.457. The first kappa shape index (κ1) is 19.8. The Morgan fingerprint density at radius 3 is 2.57 bits per heavy atom. The average molecular weight is 428 g/mol. The molecule has 1 aromatic heterocycles. The van der Waals surface area contributed by atoms with Crippen LogP contribution in [0.5, 0.6) is 11.5 Å². The van der Waals surface area contributed by atoms with Gasteiger partial charge in [-0.15, -0.1) is 0 Å². The Labute approximate surface area is 177 Å². The van der Waals surface area contributed by atoms with Crippen molar-refractivity contribution >= 4 is 23.4 Å². The number of hydrazine groups is 1. The maximum atomic E-state index is 12.2. The Balaban J connectivity index is 1.26. The molecule has 30 heavy (non-hydrogen) atoms. The van der Waals surface area contributed by atoms with Crippen molar-refractivity contribution in [3.8, 4) is 22.8 Å². The number of nitrogens with zero attached hydrogens (tertiary/aromatic N) is 1. The maximum Gasteiger partial charge on any atom is 0.269 e. The van der Waals surface area contributed by atoms with Crippen molar-refractivity contribution in [2.24, 2.45) is 0 Å². The summed E-state index contributed by atoms with van der Waals surface area (Å²) in [6, 6.07) is 12.0. The molecule has 154 valence electrons. The van der Waals surface area contributed by atoms with Crippen LogP contribution in [-0.4, -0.2) is 30.0 Å². The Kier molecular flexibility index (Phi) is 5.85. The van der Waals surface area contributed by atoms with E-state index in [-0.39, 0.29) is 12.3 Å². The van der Waals surface area contributed by atoms with Crippen LogP contribution < -0.4 is 20.3 Å². The summed E-state index contributed by atoms with van der Waals surface area (Å²) in [5.74, 6) is 1.28. The van der Waals surface area contributed by atoms with Crippen LogP contribution in [0, 0.1) is 0 Å². The molecule has 8 nitrogen and oxygen atoms in total. The van der Waals surface area contributed by atoms with Gasteiger partial charge in [-0.3, -0.25) is 20.4 Å². The molecule has 0 saturated carbocycles. The number of hydrogen-bond acceptors (Lipinski definition) is 6. The zero-order valence-corrected chi connectivity index (χ0v) is 16.6. The fourth-order valence-corrected chi connectivity index (χ4v) is 2.97. The predicted octanol–water partition coefficient (Wildman–Crippen LogP) is 3.16. The molecule has 4 rings (SSSR count). The number of carbonyl (C=O) groups is 2. The van der Waals surface area contributed by atoms with Crippen molar-refractivity contribution in [2.45, 2.75) is 12.8 Å². The third kappa shape index (κ3) is 4.72. The fraction of sp³-hybridized carbons (Fsp3) is 0.190. The van der Waals surface area contributed by atoms with Gasteiger partial charge >= 0.3 is 0 Å². The lowest BCUT2D eigenvalue weighted by atomic mass is 10.2. The zero-order chi connectivity index (χ0) is 20.9. The second-order valence-corrected chi connectivity index (χ2v) is 6.92. The van der Waals surface area contributed by atoms with Gasteiger partial charge < -0.3 is 13.9 Å². The Bertz CT molecular complexity index is 1060. The number of amides is 2. The highest BCUT2D eigenvalue weighted by Gasteiger charge is 2.15. The van der Waals surface area contributed by atoms with E-state index in [1.165, 1.54) is 0 Å². The molecule has 0 atom stereocenters. The monoisotopic (exact) mass is 427 g/mol. The summed E-state index contributed by atoms with van der Waals surface area (Å²) >= 11 is 5.88. The predicted molar refractivity (Wildman–Crippen MR) is 108 cm³/mol. The van der Waals surface area contributed by atoms with E-state index in [1.807, 2.05) is 12.1 Å². The molecule has 0 fully saturated rings. The molecule has 0 radical (unpaired) electrons. The molecule has 2 N–H and O–H groups in total. The normalized spacial score (nSPS) is 12.3. The molecule has 0 unspecified atom stereocenters. The van der Waals surface area contributed by atoms with Crippen LogP contribution in [0.4, 0.5) is 0 Å². The van der Waals surface area contributed by atoms with Gasteiger partial charge in [-0.1, -0.05) is 11.6 Å². The molecule has 0 aliphatic carbocycles. The molecule has 1 aliphatic heterocycles. The number of ether oxygens (including phenoxy) is 2. The summed E-state index contributed by atoms with van der Waals surface area (Å²) in [5, 5.41) is 0.633. The maximum absolute atomic E-state index is 12.2. The number of fused-ring (bicyclic) bond motifs is 1. The van der Waals surface area contributed by atoms with Crippen molar-refractivity contribution in [1.82, 2.24) is 15.8 Å². The van der Waals surface area contributed by atoms with Crippen LogP contribution in [0.1, 0.15) is 22.7 Å². The van der Waals surface area contributed by atoms with Crippen LogP contribution in [0.25, 0.3) is 11.3 Å². The number of benzene rings is 2. The van der Waals surface area contributed by atoms with Gasteiger partial charge in [-0.25, -0.2) is 4.98 Å². The quantitative estimate of drug-likeness (QED) is 0.606. The van der Waals surface area contributed by atoms with Gasteiger partial charge in [0, 0.05) is 29.0 Å². The Morgan fingerprint density at radius 1 is 1.00 bits per heavy atom. The number of hydrogen-bond donors (Lipinski definition) is 2. The van der Waals surface area contributed by atoms with E-state index >= 15 is 0 Å². The van der Waals surface area contributed by atoms with E-state index in [0.717, 1.165) is 5.56 Å². The lowest BCUT2D eigenvalue weighted by Gasteiger charge is -2.18. The molecule has 2 amide bonds.